The summed E-state index contributed by atoms with van der Waals surface area (Å²) in [6.07, 6.45) is 4.24. The number of anilines is 1. The molecule has 1 unspecified atom stereocenters. The maximum atomic E-state index is 4.54. The van der Waals surface area contributed by atoms with E-state index in [-0.39, 0.29) is 0 Å². The first-order valence-corrected chi connectivity index (χ1v) is 6.73. The van der Waals surface area contributed by atoms with Gasteiger partial charge >= 0.3 is 0 Å². The third-order valence-corrected chi connectivity index (χ3v) is 3.60. The van der Waals surface area contributed by atoms with Crippen molar-refractivity contribution in [2.45, 2.75) is 39.7 Å². The summed E-state index contributed by atoms with van der Waals surface area (Å²) < 4.78 is 0. The summed E-state index contributed by atoms with van der Waals surface area (Å²) in [4.78, 5) is 8.92. The Balaban J connectivity index is 2.16. The summed E-state index contributed by atoms with van der Waals surface area (Å²) in [7, 11) is 0. The van der Waals surface area contributed by atoms with E-state index in [0.717, 1.165) is 16.9 Å². The van der Waals surface area contributed by atoms with E-state index in [9.17, 15) is 0 Å². The van der Waals surface area contributed by atoms with Crippen LogP contribution in [0.25, 0.3) is 10.9 Å². The monoisotopic (exact) mass is 243 g/mol. The largest absolute Gasteiger partial charge is 0.351 e. The van der Waals surface area contributed by atoms with Gasteiger partial charge in [0.05, 0.1) is 5.52 Å². The minimum atomic E-state index is 0.404. The van der Waals surface area contributed by atoms with Gasteiger partial charge in [0, 0.05) is 17.6 Å². The van der Waals surface area contributed by atoms with E-state index in [2.05, 4.69) is 36.1 Å². The molecule has 0 bridgehead atoms. The Morgan fingerprint density at radius 2 is 1.89 bits per heavy atom. The molecule has 0 saturated heterocycles. The number of rotatable bonds is 5. The molecule has 0 aliphatic heterocycles. The zero-order valence-corrected chi connectivity index (χ0v) is 11.4. The lowest BCUT2D eigenvalue weighted by atomic mass is 9.96. The molecule has 3 nitrogen and oxygen atoms in total. The smallest absolute Gasteiger partial charge is 0.223 e. The second kappa shape index (κ2) is 5.80. The predicted molar refractivity (Wildman–Crippen MR) is 76.7 cm³/mol. The van der Waals surface area contributed by atoms with Gasteiger partial charge in [-0.05, 0) is 18.9 Å². The molecule has 1 aromatic carbocycles. The lowest BCUT2D eigenvalue weighted by molar-refractivity contribution is 0.436. The molecule has 0 radical (unpaired) electrons. The Bertz CT molecular complexity index is 506. The van der Waals surface area contributed by atoms with Crippen molar-refractivity contribution in [3.05, 3.63) is 30.5 Å². The highest BCUT2D eigenvalue weighted by Gasteiger charge is 2.14. The summed E-state index contributed by atoms with van der Waals surface area (Å²) in [6, 6.07) is 8.46. The number of nitrogens with zero attached hydrogens (tertiary/aromatic N) is 2. The minimum absolute atomic E-state index is 0.404. The van der Waals surface area contributed by atoms with E-state index < -0.39 is 0 Å². The summed E-state index contributed by atoms with van der Waals surface area (Å²) in [6.45, 7) is 6.66. The third-order valence-electron chi connectivity index (χ3n) is 3.60. The highest BCUT2D eigenvalue weighted by atomic mass is 15.1. The van der Waals surface area contributed by atoms with Gasteiger partial charge in [-0.1, -0.05) is 44.9 Å². The van der Waals surface area contributed by atoms with Crippen LogP contribution >= 0.6 is 0 Å². The van der Waals surface area contributed by atoms with E-state index >= 15 is 0 Å². The van der Waals surface area contributed by atoms with Crippen molar-refractivity contribution in [3.63, 3.8) is 0 Å². The normalized spacial score (nSPS) is 12.9. The summed E-state index contributed by atoms with van der Waals surface area (Å²) in [5.41, 5.74) is 0.992. The van der Waals surface area contributed by atoms with Crippen LogP contribution in [0, 0.1) is 5.92 Å². The van der Waals surface area contributed by atoms with Crippen molar-refractivity contribution >= 4 is 16.9 Å². The lowest BCUT2D eigenvalue weighted by Crippen LogP contribution is -2.26. The molecular weight excluding hydrogens is 222 g/mol. The van der Waals surface area contributed by atoms with Crippen molar-refractivity contribution < 1.29 is 0 Å². The van der Waals surface area contributed by atoms with Crippen molar-refractivity contribution in [2.24, 2.45) is 5.92 Å². The first-order chi connectivity index (χ1) is 8.74. The average Bonchev–Trinajstić information content (AvgIpc) is 2.40. The fraction of sp³-hybridized carbons (Fsp3) is 0.467. The molecule has 2 rings (SSSR count). The van der Waals surface area contributed by atoms with Crippen LogP contribution in [0.3, 0.4) is 0 Å². The van der Waals surface area contributed by atoms with Crippen LogP contribution in [0.5, 0.6) is 0 Å². The van der Waals surface area contributed by atoms with Crippen molar-refractivity contribution in [2.75, 3.05) is 5.32 Å². The molecular formula is C15H21N3. The summed E-state index contributed by atoms with van der Waals surface area (Å²) in [5.74, 6) is 1.40. The third kappa shape index (κ3) is 2.78. The van der Waals surface area contributed by atoms with Crippen LogP contribution in [0.4, 0.5) is 5.95 Å². The molecule has 0 aliphatic rings. The molecule has 96 valence electrons. The quantitative estimate of drug-likeness (QED) is 0.866. The van der Waals surface area contributed by atoms with Crippen molar-refractivity contribution in [1.29, 1.82) is 0 Å². The maximum absolute atomic E-state index is 4.54. The highest BCUT2D eigenvalue weighted by molar-refractivity contribution is 5.78. The molecule has 0 spiro atoms. The number of para-hydroxylation sites is 1. The molecule has 0 amide bonds. The molecule has 1 aromatic heterocycles. The van der Waals surface area contributed by atoms with E-state index in [1.54, 1.807) is 0 Å². The average molecular weight is 243 g/mol. The maximum Gasteiger partial charge on any atom is 0.223 e. The Labute approximate surface area is 109 Å². The fourth-order valence-corrected chi connectivity index (χ4v) is 2.36. The summed E-state index contributed by atoms with van der Waals surface area (Å²) >= 11 is 0. The second-order valence-corrected chi connectivity index (χ2v) is 4.76. The first kappa shape index (κ1) is 12.8. The van der Waals surface area contributed by atoms with Gasteiger partial charge in [0.2, 0.25) is 5.95 Å². The molecule has 1 N–H and O–H groups in total. The van der Waals surface area contributed by atoms with Gasteiger partial charge in [-0.25, -0.2) is 9.97 Å². The van der Waals surface area contributed by atoms with E-state index in [0.29, 0.717) is 12.0 Å². The standard InChI is InChI=1S/C15H21N3/c1-4-12(5-2)11(3)17-15-16-10-13-8-6-7-9-14(13)18-15/h6-12H,4-5H2,1-3H3,(H,16,17,18). The van der Waals surface area contributed by atoms with Crippen LogP contribution in [0.15, 0.2) is 30.5 Å². The zero-order valence-electron chi connectivity index (χ0n) is 11.4. The van der Waals surface area contributed by atoms with Gasteiger partial charge < -0.3 is 5.32 Å². The first-order valence-electron chi connectivity index (χ1n) is 6.73. The molecule has 1 heterocycles. The molecule has 2 aromatic rings. The SMILES string of the molecule is CCC(CC)C(C)Nc1ncc2ccccc2n1. The number of benzene rings is 1. The van der Waals surface area contributed by atoms with Crippen LogP contribution in [-0.2, 0) is 0 Å². The Kier molecular flexibility index (Phi) is 4.13. The number of fused-ring (bicyclic) bond motifs is 1. The topological polar surface area (TPSA) is 37.8 Å². The predicted octanol–water partition coefficient (Wildman–Crippen LogP) is 3.87. The molecule has 0 saturated carbocycles. The zero-order chi connectivity index (χ0) is 13.0. The second-order valence-electron chi connectivity index (χ2n) is 4.76. The van der Waals surface area contributed by atoms with Gasteiger partial charge in [-0.3, -0.25) is 0 Å². The molecule has 18 heavy (non-hydrogen) atoms. The lowest BCUT2D eigenvalue weighted by Gasteiger charge is -2.22. The molecule has 1 atom stereocenters. The van der Waals surface area contributed by atoms with Gasteiger partial charge in [0.15, 0.2) is 0 Å². The number of aromatic nitrogens is 2. The summed E-state index contributed by atoms with van der Waals surface area (Å²) in [5, 5.41) is 4.50. The van der Waals surface area contributed by atoms with Gasteiger partial charge in [-0.15, -0.1) is 0 Å². The van der Waals surface area contributed by atoms with E-state index in [1.807, 2.05) is 30.5 Å². The van der Waals surface area contributed by atoms with Crippen LogP contribution in [-0.4, -0.2) is 16.0 Å². The van der Waals surface area contributed by atoms with Gasteiger partial charge in [-0.2, -0.15) is 0 Å². The molecule has 3 heteroatoms. The highest BCUT2D eigenvalue weighted by Crippen LogP contribution is 2.17. The van der Waals surface area contributed by atoms with Crippen LogP contribution in [0.2, 0.25) is 0 Å². The van der Waals surface area contributed by atoms with Crippen molar-refractivity contribution in [1.82, 2.24) is 9.97 Å². The van der Waals surface area contributed by atoms with Crippen molar-refractivity contribution in [3.8, 4) is 0 Å². The number of nitrogens with one attached hydrogen (secondary N) is 1. The Morgan fingerprint density at radius 1 is 1.17 bits per heavy atom. The van der Waals surface area contributed by atoms with Crippen LogP contribution < -0.4 is 5.32 Å². The van der Waals surface area contributed by atoms with Gasteiger partial charge in [0.1, 0.15) is 0 Å². The molecule has 0 fully saturated rings. The fourth-order valence-electron chi connectivity index (χ4n) is 2.36. The van der Waals surface area contributed by atoms with Crippen LogP contribution in [0.1, 0.15) is 33.6 Å². The Hall–Kier alpha value is -1.64. The van der Waals surface area contributed by atoms with Gasteiger partial charge in [0.25, 0.3) is 0 Å². The number of hydrogen-bond acceptors (Lipinski definition) is 3. The minimum Gasteiger partial charge on any atom is -0.351 e. The molecule has 0 aliphatic carbocycles. The van der Waals surface area contributed by atoms with E-state index in [4.69, 9.17) is 0 Å². The number of hydrogen-bond donors (Lipinski definition) is 1. The Morgan fingerprint density at radius 3 is 2.61 bits per heavy atom. The van der Waals surface area contributed by atoms with E-state index in [1.165, 1.54) is 12.8 Å².